The quantitative estimate of drug-likeness (QED) is 0.848. The number of anilines is 1. The molecule has 2 rings (SSSR count). The molecule has 4 nitrogen and oxygen atoms in total. The van der Waals surface area contributed by atoms with E-state index in [4.69, 9.17) is 11.6 Å². The van der Waals surface area contributed by atoms with Crippen LogP contribution in [0.3, 0.4) is 0 Å². The standard InChI is InChI=1S/C15H16ClN3O/c1-9-4-5-12(8-13(9)16)6-7-14(20)17-15-10(2)18-19-11(15)3/h4-8H,1-3H3,(H,17,20)(H,18,19)/b7-6+. The van der Waals surface area contributed by atoms with E-state index in [9.17, 15) is 4.79 Å². The van der Waals surface area contributed by atoms with Gasteiger partial charge in [-0.1, -0.05) is 23.7 Å². The summed E-state index contributed by atoms with van der Waals surface area (Å²) in [6.07, 6.45) is 3.21. The second-order valence-corrected chi connectivity index (χ2v) is 5.05. The van der Waals surface area contributed by atoms with E-state index in [1.54, 1.807) is 6.08 Å². The van der Waals surface area contributed by atoms with Gasteiger partial charge in [0.05, 0.1) is 17.1 Å². The Labute approximate surface area is 122 Å². The van der Waals surface area contributed by atoms with E-state index in [1.807, 2.05) is 39.0 Å². The van der Waals surface area contributed by atoms with Crippen LogP contribution in [0.2, 0.25) is 5.02 Å². The van der Waals surface area contributed by atoms with Crippen molar-refractivity contribution in [2.24, 2.45) is 0 Å². The van der Waals surface area contributed by atoms with Crippen LogP contribution in [0.4, 0.5) is 5.69 Å². The largest absolute Gasteiger partial charge is 0.319 e. The Kier molecular flexibility index (Phi) is 4.25. The molecule has 0 radical (unpaired) electrons. The van der Waals surface area contributed by atoms with Crippen LogP contribution in [0.5, 0.6) is 0 Å². The zero-order chi connectivity index (χ0) is 14.7. The number of H-pyrrole nitrogens is 1. The van der Waals surface area contributed by atoms with Crippen molar-refractivity contribution in [3.8, 4) is 0 Å². The molecule has 0 saturated carbocycles. The normalized spacial score (nSPS) is 11.0. The van der Waals surface area contributed by atoms with Gasteiger partial charge >= 0.3 is 0 Å². The fourth-order valence-electron chi connectivity index (χ4n) is 1.78. The Morgan fingerprint density at radius 2 is 2.10 bits per heavy atom. The molecule has 0 aliphatic rings. The van der Waals surface area contributed by atoms with Gasteiger partial charge in [-0.2, -0.15) is 5.10 Å². The van der Waals surface area contributed by atoms with Crippen molar-refractivity contribution in [3.63, 3.8) is 0 Å². The first kappa shape index (κ1) is 14.3. The Bertz CT molecular complexity index is 654. The Hall–Kier alpha value is -2.07. The third kappa shape index (κ3) is 3.27. The lowest BCUT2D eigenvalue weighted by Crippen LogP contribution is -2.09. The first-order valence-corrected chi connectivity index (χ1v) is 6.62. The monoisotopic (exact) mass is 289 g/mol. The van der Waals surface area contributed by atoms with Crippen LogP contribution in [-0.4, -0.2) is 16.1 Å². The summed E-state index contributed by atoms with van der Waals surface area (Å²) in [4.78, 5) is 11.9. The highest BCUT2D eigenvalue weighted by atomic mass is 35.5. The number of aromatic nitrogens is 2. The van der Waals surface area contributed by atoms with Gasteiger partial charge in [0.2, 0.25) is 5.91 Å². The van der Waals surface area contributed by atoms with E-state index in [0.29, 0.717) is 5.02 Å². The van der Waals surface area contributed by atoms with Crippen LogP contribution in [0, 0.1) is 20.8 Å². The summed E-state index contributed by atoms with van der Waals surface area (Å²) in [5.41, 5.74) is 4.22. The molecule has 0 atom stereocenters. The number of hydrogen-bond acceptors (Lipinski definition) is 2. The van der Waals surface area contributed by atoms with Crippen molar-refractivity contribution in [2.45, 2.75) is 20.8 Å². The maximum atomic E-state index is 11.9. The van der Waals surface area contributed by atoms with Crippen molar-refractivity contribution in [3.05, 3.63) is 51.8 Å². The minimum atomic E-state index is -0.200. The zero-order valence-corrected chi connectivity index (χ0v) is 12.4. The number of nitrogens with zero attached hydrogens (tertiary/aromatic N) is 1. The van der Waals surface area contributed by atoms with Gasteiger partial charge in [0.15, 0.2) is 0 Å². The molecular weight excluding hydrogens is 274 g/mol. The second-order valence-electron chi connectivity index (χ2n) is 4.64. The molecule has 2 N–H and O–H groups in total. The minimum Gasteiger partial charge on any atom is -0.319 e. The average molecular weight is 290 g/mol. The van der Waals surface area contributed by atoms with Gasteiger partial charge in [0, 0.05) is 11.1 Å². The molecule has 0 aliphatic carbocycles. The Morgan fingerprint density at radius 3 is 2.70 bits per heavy atom. The fourth-order valence-corrected chi connectivity index (χ4v) is 1.97. The molecule has 20 heavy (non-hydrogen) atoms. The fraction of sp³-hybridized carbons (Fsp3) is 0.200. The van der Waals surface area contributed by atoms with Crippen molar-refractivity contribution >= 4 is 29.3 Å². The summed E-state index contributed by atoms with van der Waals surface area (Å²) in [5.74, 6) is -0.200. The number of halogens is 1. The molecule has 1 heterocycles. The first-order valence-electron chi connectivity index (χ1n) is 6.24. The van der Waals surface area contributed by atoms with Crippen LogP contribution in [0.25, 0.3) is 6.08 Å². The molecule has 1 aromatic carbocycles. The maximum absolute atomic E-state index is 11.9. The minimum absolute atomic E-state index is 0.200. The topological polar surface area (TPSA) is 57.8 Å². The summed E-state index contributed by atoms with van der Waals surface area (Å²) >= 11 is 6.04. The molecule has 0 aliphatic heterocycles. The summed E-state index contributed by atoms with van der Waals surface area (Å²) in [5, 5.41) is 10.3. The number of carbonyl (C=O) groups is 1. The molecular formula is C15H16ClN3O. The van der Waals surface area contributed by atoms with Crippen molar-refractivity contribution in [1.82, 2.24) is 10.2 Å². The van der Waals surface area contributed by atoms with Crippen molar-refractivity contribution in [2.75, 3.05) is 5.32 Å². The Morgan fingerprint density at radius 1 is 1.35 bits per heavy atom. The van der Waals surface area contributed by atoms with Gasteiger partial charge in [-0.25, -0.2) is 0 Å². The van der Waals surface area contributed by atoms with E-state index >= 15 is 0 Å². The number of hydrogen-bond donors (Lipinski definition) is 2. The van der Waals surface area contributed by atoms with Crippen LogP contribution >= 0.6 is 11.6 Å². The molecule has 5 heteroatoms. The summed E-state index contributed by atoms with van der Waals surface area (Å²) < 4.78 is 0. The van der Waals surface area contributed by atoms with E-state index < -0.39 is 0 Å². The third-order valence-corrected chi connectivity index (χ3v) is 3.41. The second kappa shape index (κ2) is 5.92. The lowest BCUT2D eigenvalue weighted by molar-refractivity contribution is -0.111. The molecule has 0 fully saturated rings. The van der Waals surface area contributed by atoms with E-state index in [-0.39, 0.29) is 5.91 Å². The van der Waals surface area contributed by atoms with Gasteiger partial charge in [0.25, 0.3) is 0 Å². The smallest absolute Gasteiger partial charge is 0.248 e. The van der Waals surface area contributed by atoms with Gasteiger partial charge < -0.3 is 5.32 Å². The maximum Gasteiger partial charge on any atom is 0.248 e. The number of benzene rings is 1. The van der Waals surface area contributed by atoms with Gasteiger partial charge in [-0.05, 0) is 44.0 Å². The summed E-state index contributed by atoms with van der Waals surface area (Å²) in [6.45, 7) is 5.63. The van der Waals surface area contributed by atoms with Crippen LogP contribution in [0.1, 0.15) is 22.5 Å². The number of aromatic amines is 1. The number of carbonyl (C=O) groups excluding carboxylic acids is 1. The molecule has 2 aromatic rings. The third-order valence-electron chi connectivity index (χ3n) is 3.00. The van der Waals surface area contributed by atoms with E-state index in [1.165, 1.54) is 6.08 Å². The number of nitrogens with one attached hydrogen (secondary N) is 2. The van der Waals surface area contributed by atoms with Crippen molar-refractivity contribution < 1.29 is 4.79 Å². The lowest BCUT2D eigenvalue weighted by Gasteiger charge is -2.02. The van der Waals surface area contributed by atoms with E-state index in [0.717, 1.165) is 28.2 Å². The van der Waals surface area contributed by atoms with Gasteiger partial charge in [0.1, 0.15) is 0 Å². The highest BCUT2D eigenvalue weighted by Gasteiger charge is 2.07. The van der Waals surface area contributed by atoms with Crippen LogP contribution < -0.4 is 5.32 Å². The van der Waals surface area contributed by atoms with Crippen molar-refractivity contribution in [1.29, 1.82) is 0 Å². The predicted octanol–water partition coefficient (Wildman–Crippen LogP) is 3.64. The molecule has 1 amide bonds. The first-order chi connectivity index (χ1) is 9.47. The molecule has 104 valence electrons. The lowest BCUT2D eigenvalue weighted by atomic mass is 10.1. The predicted molar refractivity (Wildman–Crippen MR) is 81.9 cm³/mol. The number of amides is 1. The SMILES string of the molecule is Cc1ccc(/C=C/C(=O)Nc2c(C)n[nH]c2C)cc1Cl. The number of aryl methyl sites for hydroxylation is 3. The average Bonchev–Trinajstić information content (AvgIpc) is 2.72. The Balaban J connectivity index is 2.08. The highest BCUT2D eigenvalue weighted by Crippen LogP contribution is 2.18. The van der Waals surface area contributed by atoms with Crippen LogP contribution in [-0.2, 0) is 4.79 Å². The molecule has 1 aromatic heterocycles. The molecule has 0 unspecified atom stereocenters. The zero-order valence-electron chi connectivity index (χ0n) is 11.6. The van der Waals surface area contributed by atoms with E-state index in [2.05, 4.69) is 15.5 Å². The van der Waals surface area contributed by atoms with Crippen LogP contribution in [0.15, 0.2) is 24.3 Å². The molecule has 0 bridgehead atoms. The highest BCUT2D eigenvalue weighted by molar-refractivity contribution is 6.31. The van der Waals surface area contributed by atoms with Gasteiger partial charge in [-0.3, -0.25) is 9.89 Å². The summed E-state index contributed by atoms with van der Waals surface area (Å²) in [7, 11) is 0. The number of rotatable bonds is 3. The molecule has 0 saturated heterocycles. The molecule has 0 spiro atoms. The van der Waals surface area contributed by atoms with Gasteiger partial charge in [-0.15, -0.1) is 0 Å². The summed E-state index contributed by atoms with van der Waals surface area (Å²) in [6, 6.07) is 5.67.